The second-order valence-corrected chi connectivity index (χ2v) is 6.22. The number of nitrogens with zero attached hydrogens (tertiary/aromatic N) is 2. The number of urea groups is 1. The first-order valence-corrected chi connectivity index (χ1v) is 8.12. The predicted molar refractivity (Wildman–Crippen MR) is 86.9 cm³/mol. The molecule has 0 aliphatic carbocycles. The smallest absolute Gasteiger partial charge is 0.325 e. The summed E-state index contributed by atoms with van der Waals surface area (Å²) in [4.78, 5) is 28.4. The highest BCUT2D eigenvalue weighted by atomic mass is 32.1. The Morgan fingerprint density at radius 2 is 2.00 bits per heavy atom. The van der Waals surface area contributed by atoms with Crippen molar-refractivity contribution in [3.05, 3.63) is 52.5 Å². The molecular weight excluding hydrogens is 317 g/mol. The fourth-order valence-electron chi connectivity index (χ4n) is 2.42. The van der Waals surface area contributed by atoms with Crippen LogP contribution in [-0.4, -0.2) is 36.5 Å². The van der Waals surface area contributed by atoms with E-state index < -0.39 is 0 Å². The third-order valence-corrected chi connectivity index (χ3v) is 4.48. The summed E-state index contributed by atoms with van der Waals surface area (Å²) in [5.74, 6) is -0.530. The van der Waals surface area contributed by atoms with Gasteiger partial charge in [0.25, 0.3) is 0 Å². The molecule has 0 saturated carbocycles. The number of hydrogen-bond acceptors (Lipinski definition) is 3. The standard InChI is InChI=1S/C16H16FN3O2S/c17-12-3-5-13(6-4-12)20-8-7-19(16(20)22)11-15(21)18-10-14-2-1-9-23-14/h1-6,9H,7-8,10-11H2,(H,18,21). The molecule has 1 aliphatic heterocycles. The molecule has 23 heavy (non-hydrogen) atoms. The largest absolute Gasteiger partial charge is 0.350 e. The lowest BCUT2D eigenvalue weighted by Crippen LogP contribution is -2.39. The Balaban J connectivity index is 1.54. The number of halogens is 1. The van der Waals surface area contributed by atoms with Gasteiger partial charge in [0.1, 0.15) is 12.4 Å². The van der Waals surface area contributed by atoms with E-state index >= 15 is 0 Å². The summed E-state index contributed by atoms with van der Waals surface area (Å²) in [6.07, 6.45) is 0. The number of thiophene rings is 1. The quantitative estimate of drug-likeness (QED) is 0.914. The van der Waals surface area contributed by atoms with Gasteiger partial charge in [-0.1, -0.05) is 6.07 Å². The Morgan fingerprint density at radius 1 is 1.22 bits per heavy atom. The minimum atomic E-state index is -0.342. The maximum absolute atomic E-state index is 13.0. The van der Waals surface area contributed by atoms with E-state index in [4.69, 9.17) is 0 Å². The van der Waals surface area contributed by atoms with E-state index in [9.17, 15) is 14.0 Å². The first-order chi connectivity index (χ1) is 11.1. The Labute approximate surface area is 137 Å². The van der Waals surface area contributed by atoms with Crippen LogP contribution in [0.5, 0.6) is 0 Å². The van der Waals surface area contributed by atoms with Gasteiger partial charge in [-0.25, -0.2) is 9.18 Å². The molecule has 2 aromatic rings. The summed E-state index contributed by atoms with van der Waals surface area (Å²) in [5.41, 5.74) is 0.637. The van der Waals surface area contributed by atoms with E-state index in [2.05, 4.69) is 5.32 Å². The average Bonchev–Trinajstić information content (AvgIpc) is 3.18. The van der Waals surface area contributed by atoms with Gasteiger partial charge in [-0.05, 0) is 35.7 Å². The van der Waals surface area contributed by atoms with Gasteiger partial charge >= 0.3 is 6.03 Å². The fraction of sp³-hybridized carbons (Fsp3) is 0.250. The lowest BCUT2D eigenvalue weighted by atomic mass is 10.3. The molecule has 0 unspecified atom stereocenters. The van der Waals surface area contributed by atoms with E-state index in [1.807, 2.05) is 17.5 Å². The lowest BCUT2D eigenvalue weighted by Gasteiger charge is -2.18. The van der Waals surface area contributed by atoms with Crippen LogP contribution in [0, 0.1) is 5.82 Å². The molecule has 1 aromatic heterocycles. The summed E-state index contributed by atoms with van der Waals surface area (Å²) in [6, 6.07) is 9.40. The highest BCUT2D eigenvalue weighted by molar-refractivity contribution is 7.09. The summed E-state index contributed by atoms with van der Waals surface area (Å²) >= 11 is 1.57. The maximum Gasteiger partial charge on any atom is 0.325 e. The minimum absolute atomic E-state index is 0.0297. The second kappa shape index (κ2) is 6.78. The normalized spacial score (nSPS) is 14.4. The number of anilines is 1. The topological polar surface area (TPSA) is 52.7 Å². The van der Waals surface area contributed by atoms with Gasteiger partial charge in [0.2, 0.25) is 5.91 Å². The van der Waals surface area contributed by atoms with E-state index in [-0.39, 0.29) is 24.3 Å². The van der Waals surface area contributed by atoms with E-state index in [0.717, 1.165) is 4.88 Å². The number of carbonyl (C=O) groups is 2. The van der Waals surface area contributed by atoms with Crippen molar-refractivity contribution in [2.24, 2.45) is 0 Å². The number of hydrogen-bond donors (Lipinski definition) is 1. The van der Waals surface area contributed by atoms with Crippen LogP contribution in [0.25, 0.3) is 0 Å². The van der Waals surface area contributed by atoms with E-state index in [1.54, 1.807) is 28.4 Å². The Morgan fingerprint density at radius 3 is 2.70 bits per heavy atom. The molecule has 1 saturated heterocycles. The third kappa shape index (κ3) is 3.68. The van der Waals surface area contributed by atoms with Crippen molar-refractivity contribution in [1.29, 1.82) is 0 Å². The Kier molecular flexibility index (Phi) is 4.57. The van der Waals surface area contributed by atoms with Crippen molar-refractivity contribution >= 4 is 29.0 Å². The van der Waals surface area contributed by atoms with Crippen molar-refractivity contribution in [2.45, 2.75) is 6.54 Å². The summed E-state index contributed by atoms with van der Waals surface area (Å²) in [5, 5.41) is 4.75. The molecule has 0 atom stereocenters. The monoisotopic (exact) mass is 333 g/mol. The molecule has 2 heterocycles. The van der Waals surface area contributed by atoms with Gasteiger partial charge in [-0.2, -0.15) is 0 Å². The molecule has 3 amide bonds. The molecule has 1 aliphatic rings. The first-order valence-electron chi connectivity index (χ1n) is 7.24. The number of amides is 3. The molecular formula is C16H16FN3O2S. The van der Waals surface area contributed by atoms with Crippen LogP contribution >= 0.6 is 11.3 Å². The predicted octanol–water partition coefficient (Wildman–Crippen LogP) is 2.45. The minimum Gasteiger partial charge on any atom is -0.350 e. The lowest BCUT2D eigenvalue weighted by molar-refractivity contribution is -0.121. The van der Waals surface area contributed by atoms with Gasteiger partial charge in [0.05, 0.1) is 6.54 Å². The SMILES string of the molecule is O=C(CN1CCN(c2ccc(F)cc2)C1=O)NCc1cccs1. The maximum atomic E-state index is 13.0. The molecule has 0 bridgehead atoms. The molecule has 5 nitrogen and oxygen atoms in total. The third-order valence-electron chi connectivity index (χ3n) is 3.61. The number of carbonyl (C=O) groups excluding carboxylic acids is 2. The van der Waals surface area contributed by atoms with Gasteiger partial charge in [-0.15, -0.1) is 11.3 Å². The van der Waals surface area contributed by atoms with Gasteiger partial charge in [0, 0.05) is 23.7 Å². The number of rotatable bonds is 5. The highest BCUT2D eigenvalue weighted by Gasteiger charge is 2.30. The van der Waals surface area contributed by atoms with Crippen LogP contribution in [0.1, 0.15) is 4.88 Å². The molecule has 1 fully saturated rings. The number of benzene rings is 1. The Bertz CT molecular complexity index is 688. The number of nitrogens with one attached hydrogen (secondary N) is 1. The molecule has 0 spiro atoms. The molecule has 120 valence electrons. The summed E-state index contributed by atoms with van der Waals surface area (Å²) in [6.45, 7) is 1.47. The van der Waals surface area contributed by atoms with Crippen LogP contribution in [0.4, 0.5) is 14.9 Å². The fourth-order valence-corrected chi connectivity index (χ4v) is 3.06. The zero-order chi connectivity index (χ0) is 16.2. The van der Waals surface area contributed by atoms with Crippen LogP contribution in [-0.2, 0) is 11.3 Å². The molecule has 7 heteroatoms. The molecule has 1 N–H and O–H groups in total. The Hall–Kier alpha value is -2.41. The van der Waals surface area contributed by atoms with Crippen molar-refractivity contribution in [3.8, 4) is 0 Å². The zero-order valence-corrected chi connectivity index (χ0v) is 13.2. The van der Waals surface area contributed by atoms with Gasteiger partial charge < -0.3 is 10.2 Å². The average molecular weight is 333 g/mol. The van der Waals surface area contributed by atoms with Crippen LogP contribution < -0.4 is 10.2 Å². The van der Waals surface area contributed by atoms with Crippen LogP contribution in [0.2, 0.25) is 0 Å². The van der Waals surface area contributed by atoms with Crippen molar-refractivity contribution < 1.29 is 14.0 Å². The van der Waals surface area contributed by atoms with Crippen molar-refractivity contribution in [1.82, 2.24) is 10.2 Å². The highest BCUT2D eigenvalue weighted by Crippen LogP contribution is 2.20. The van der Waals surface area contributed by atoms with Crippen LogP contribution in [0.3, 0.4) is 0 Å². The van der Waals surface area contributed by atoms with Crippen LogP contribution in [0.15, 0.2) is 41.8 Å². The molecule has 3 rings (SSSR count). The second-order valence-electron chi connectivity index (χ2n) is 5.19. The van der Waals surface area contributed by atoms with E-state index in [1.165, 1.54) is 17.0 Å². The van der Waals surface area contributed by atoms with Crippen molar-refractivity contribution in [3.63, 3.8) is 0 Å². The summed E-state index contributed by atoms with van der Waals surface area (Å²) < 4.78 is 13.0. The molecule has 1 aromatic carbocycles. The zero-order valence-electron chi connectivity index (χ0n) is 12.4. The molecule has 0 radical (unpaired) electrons. The first kappa shape index (κ1) is 15.5. The van der Waals surface area contributed by atoms with Crippen molar-refractivity contribution in [2.75, 3.05) is 24.5 Å². The van der Waals surface area contributed by atoms with Gasteiger partial charge in [0.15, 0.2) is 0 Å². The van der Waals surface area contributed by atoms with Gasteiger partial charge in [-0.3, -0.25) is 9.69 Å². The summed E-state index contributed by atoms with van der Waals surface area (Å²) in [7, 11) is 0. The van der Waals surface area contributed by atoms with E-state index in [0.29, 0.717) is 25.3 Å².